The molecule has 1 aromatic rings. The highest BCUT2D eigenvalue weighted by atomic mass is 32.1. The molecular formula is C18H30O2S. The molecule has 1 heterocycles. The molecule has 1 unspecified atom stereocenters. The molecule has 0 aliphatic rings. The second-order valence-corrected chi connectivity index (χ2v) is 6.76. The summed E-state index contributed by atoms with van der Waals surface area (Å²) in [7, 11) is 0. The Morgan fingerprint density at radius 1 is 1.10 bits per heavy atom. The first-order valence-electron chi connectivity index (χ1n) is 8.48. The van der Waals surface area contributed by atoms with E-state index < -0.39 is 0 Å². The molecule has 0 saturated carbocycles. The molecule has 0 fully saturated rings. The average Bonchev–Trinajstić information content (AvgIpc) is 3.00. The smallest absolute Gasteiger partial charge is 0.348 e. The number of carbonyl (C=O) groups excluding carboxylic acids is 1. The maximum absolute atomic E-state index is 11.8. The van der Waals surface area contributed by atoms with Gasteiger partial charge in [0.25, 0.3) is 0 Å². The zero-order chi connectivity index (χ0) is 15.3. The summed E-state index contributed by atoms with van der Waals surface area (Å²) in [5.41, 5.74) is 0. The summed E-state index contributed by atoms with van der Waals surface area (Å²) in [6, 6.07) is 3.70. The first kappa shape index (κ1) is 18.2. The van der Waals surface area contributed by atoms with Gasteiger partial charge in [-0.15, -0.1) is 11.3 Å². The SMILES string of the molecule is CCCCCCCCCCCC(C)OC(=O)c1cccs1. The molecule has 0 bridgehead atoms. The molecule has 0 aromatic carbocycles. The summed E-state index contributed by atoms with van der Waals surface area (Å²) in [5, 5.41) is 1.90. The van der Waals surface area contributed by atoms with Crippen molar-refractivity contribution in [1.29, 1.82) is 0 Å². The van der Waals surface area contributed by atoms with Gasteiger partial charge < -0.3 is 4.74 Å². The fourth-order valence-electron chi connectivity index (χ4n) is 2.44. The Morgan fingerprint density at radius 3 is 2.29 bits per heavy atom. The summed E-state index contributed by atoms with van der Waals surface area (Å²) in [5.74, 6) is -0.173. The lowest BCUT2D eigenvalue weighted by atomic mass is 10.1. The minimum atomic E-state index is -0.173. The van der Waals surface area contributed by atoms with Crippen LogP contribution in [0.15, 0.2) is 17.5 Å². The summed E-state index contributed by atoms with van der Waals surface area (Å²) in [6.07, 6.45) is 13.0. The fourth-order valence-corrected chi connectivity index (χ4v) is 3.04. The number of ether oxygens (including phenoxy) is 1. The summed E-state index contributed by atoms with van der Waals surface area (Å²) in [4.78, 5) is 12.5. The highest BCUT2D eigenvalue weighted by molar-refractivity contribution is 7.11. The third kappa shape index (κ3) is 8.92. The van der Waals surface area contributed by atoms with Gasteiger partial charge in [-0.2, -0.15) is 0 Å². The molecule has 0 spiro atoms. The number of carbonyl (C=O) groups is 1. The van der Waals surface area contributed by atoms with Crippen LogP contribution in [0, 0.1) is 0 Å². The molecule has 1 aromatic heterocycles. The van der Waals surface area contributed by atoms with E-state index in [1.165, 1.54) is 62.7 Å². The van der Waals surface area contributed by atoms with Gasteiger partial charge in [-0.25, -0.2) is 4.79 Å². The predicted octanol–water partition coefficient (Wildman–Crippen LogP) is 6.21. The number of esters is 1. The van der Waals surface area contributed by atoms with Gasteiger partial charge in [0.15, 0.2) is 0 Å². The molecule has 1 rings (SSSR count). The summed E-state index contributed by atoms with van der Waals surface area (Å²) < 4.78 is 5.44. The lowest BCUT2D eigenvalue weighted by Crippen LogP contribution is -2.14. The minimum absolute atomic E-state index is 0.0316. The molecule has 120 valence electrons. The van der Waals surface area contributed by atoms with E-state index in [2.05, 4.69) is 6.92 Å². The fraction of sp³-hybridized carbons (Fsp3) is 0.722. The topological polar surface area (TPSA) is 26.3 Å². The number of hydrogen-bond acceptors (Lipinski definition) is 3. The van der Waals surface area contributed by atoms with Gasteiger partial charge in [0, 0.05) is 0 Å². The zero-order valence-electron chi connectivity index (χ0n) is 13.6. The molecular weight excluding hydrogens is 280 g/mol. The largest absolute Gasteiger partial charge is 0.458 e. The van der Waals surface area contributed by atoms with E-state index in [-0.39, 0.29) is 12.1 Å². The molecule has 0 N–H and O–H groups in total. The Bertz CT molecular complexity index is 359. The van der Waals surface area contributed by atoms with Crippen molar-refractivity contribution >= 4 is 17.3 Å². The second-order valence-electron chi connectivity index (χ2n) is 5.81. The Labute approximate surface area is 133 Å². The number of rotatable bonds is 12. The average molecular weight is 311 g/mol. The van der Waals surface area contributed by atoms with E-state index in [0.29, 0.717) is 4.88 Å². The van der Waals surface area contributed by atoms with Crippen molar-refractivity contribution in [3.63, 3.8) is 0 Å². The van der Waals surface area contributed by atoms with Crippen LogP contribution in [-0.2, 0) is 4.74 Å². The lowest BCUT2D eigenvalue weighted by Gasteiger charge is -2.12. The molecule has 0 aliphatic carbocycles. The first-order chi connectivity index (χ1) is 10.2. The Morgan fingerprint density at radius 2 is 1.71 bits per heavy atom. The molecule has 0 aliphatic heterocycles. The quantitative estimate of drug-likeness (QED) is 0.338. The van der Waals surface area contributed by atoms with Gasteiger partial charge in [-0.05, 0) is 31.2 Å². The van der Waals surface area contributed by atoms with E-state index in [1.54, 1.807) is 0 Å². The van der Waals surface area contributed by atoms with Crippen molar-refractivity contribution in [1.82, 2.24) is 0 Å². The third-order valence-corrected chi connectivity index (χ3v) is 4.59. The van der Waals surface area contributed by atoms with Crippen LogP contribution in [0.4, 0.5) is 0 Å². The van der Waals surface area contributed by atoms with Crippen molar-refractivity contribution in [3.8, 4) is 0 Å². The normalized spacial score (nSPS) is 12.3. The first-order valence-corrected chi connectivity index (χ1v) is 9.36. The second kappa shape index (κ2) is 11.8. The van der Waals surface area contributed by atoms with Crippen LogP contribution < -0.4 is 0 Å². The molecule has 3 heteroatoms. The van der Waals surface area contributed by atoms with Gasteiger partial charge in [0.2, 0.25) is 0 Å². The maximum Gasteiger partial charge on any atom is 0.348 e. The van der Waals surface area contributed by atoms with Crippen LogP contribution in [0.3, 0.4) is 0 Å². The van der Waals surface area contributed by atoms with Crippen molar-refractivity contribution < 1.29 is 9.53 Å². The van der Waals surface area contributed by atoms with Crippen molar-refractivity contribution in [2.75, 3.05) is 0 Å². The molecule has 2 nitrogen and oxygen atoms in total. The van der Waals surface area contributed by atoms with Crippen molar-refractivity contribution in [2.24, 2.45) is 0 Å². The Hall–Kier alpha value is -0.830. The maximum atomic E-state index is 11.8. The lowest BCUT2D eigenvalue weighted by molar-refractivity contribution is 0.0325. The summed E-state index contributed by atoms with van der Waals surface area (Å²) >= 11 is 1.44. The van der Waals surface area contributed by atoms with Gasteiger partial charge in [-0.1, -0.05) is 64.4 Å². The Kier molecular flexibility index (Phi) is 10.2. The number of thiophene rings is 1. The minimum Gasteiger partial charge on any atom is -0.458 e. The van der Waals surface area contributed by atoms with Crippen LogP contribution in [0.25, 0.3) is 0 Å². The van der Waals surface area contributed by atoms with Crippen LogP contribution in [0.1, 0.15) is 87.7 Å². The van der Waals surface area contributed by atoms with E-state index >= 15 is 0 Å². The van der Waals surface area contributed by atoms with E-state index in [1.807, 2.05) is 24.4 Å². The molecule has 0 radical (unpaired) electrons. The third-order valence-electron chi connectivity index (χ3n) is 3.74. The van der Waals surface area contributed by atoms with Gasteiger partial charge in [0.1, 0.15) is 4.88 Å². The molecule has 1 atom stereocenters. The predicted molar refractivity (Wildman–Crippen MR) is 91.0 cm³/mol. The number of hydrogen-bond donors (Lipinski definition) is 0. The van der Waals surface area contributed by atoms with Gasteiger partial charge in [-0.3, -0.25) is 0 Å². The van der Waals surface area contributed by atoms with Gasteiger partial charge in [0.05, 0.1) is 6.10 Å². The monoisotopic (exact) mass is 310 g/mol. The van der Waals surface area contributed by atoms with Crippen molar-refractivity contribution in [3.05, 3.63) is 22.4 Å². The highest BCUT2D eigenvalue weighted by Gasteiger charge is 2.12. The number of unbranched alkanes of at least 4 members (excludes halogenated alkanes) is 8. The van der Waals surface area contributed by atoms with Crippen molar-refractivity contribution in [2.45, 2.75) is 84.2 Å². The zero-order valence-corrected chi connectivity index (χ0v) is 14.4. The van der Waals surface area contributed by atoms with E-state index in [9.17, 15) is 4.79 Å². The standard InChI is InChI=1S/C18H30O2S/c1-3-4-5-6-7-8-9-10-11-13-16(2)20-18(19)17-14-12-15-21-17/h12,14-16H,3-11,13H2,1-2H3. The molecule has 21 heavy (non-hydrogen) atoms. The molecule has 0 amide bonds. The summed E-state index contributed by atoms with van der Waals surface area (Å²) in [6.45, 7) is 4.25. The van der Waals surface area contributed by atoms with Gasteiger partial charge >= 0.3 is 5.97 Å². The molecule has 0 saturated heterocycles. The van der Waals surface area contributed by atoms with Crippen LogP contribution >= 0.6 is 11.3 Å². The van der Waals surface area contributed by atoms with Crippen LogP contribution in [0.2, 0.25) is 0 Å². The van der Waals surface area contributed by atoms with E-state index in [4.69, 9.17) is 4.74 Å². The van der Waals surface area contributed by atoms with Crippen LogP contribution in [0.5, 0.6) is 0 Å². The van der Waals surface area contributed by atoms with Crippen LogP contribution in [-0.4, -0.2) is 12.1 Å². The Balaban J connectivity index is 1.94. The van der Waals surface area contributed by atoms with E-state index in [0.717, 1.165) is 12.8 Å². The highest BCUT2D eigenvalue weighted by Crippen LogP contribution is 2.15.